The molecule has 0 saturated heterocycles. The second kappa shape index (κ2) is 4.54. The molecule has 1 aromatic carbocycles. The Morgan fingerprint density at radius 3 is 2.70 bits per heavy atom. The van der Waals surface area contributed by atoms with E-state index < -0.39 is 0 Å². The number of aromatic nitrogens is 3. The molecule has 0 fully saturated rings. The third-order valence-corrected chi connectivity index (χ3v) is 3.83. The van der Waals surface area contributed by atoms with Crippen LogP contribution < -0.4 is 4.80 Å². The Labute approximate surface area is 118 Å². The quantitative estimate of drug-likeness (QED) is 0.536. The molecule has 0 aliphatic carbocycles. The van der Waals surface area contributed by atoms with Gasteiger partial charge in [0.25, 0.3) is 0 Å². The molecule has 0 N–H and O–H groups in total. The average Bonchev–Trinajstić information content (AvgIpc) is 2.92. The van der Waals surface area contributed by atoms with Gasteiger partial charge < -0.3 is 0 Å². The molecule has 0 bridgehead atoms. The number of pyridine rings is 2. The largest absolute Gasteiger partial charge is 0.268 e. The topological polar surface area (TPSA) is 42.5 Å². The highest BCUT2D eigenvalue weighted by Gasteiger charge is 2.03. The molecular weight excluding hydrogens is 268 g/mol. The van der Waals surface area contributed by atoms with Gasteiger partial charge in [0, 0.05) is 23.9 Å². The van der Waals surface area contributed by atoms with Gasteiger partial charge in [0.05, 0.1) is 11.2 Å². The van der Waals surface area contributed by atoms with Gasteiger partial charge in [-0.2, -0.15) is 4.37 Å². The molecule has 20 heavy (non-hydrogen) atoms. The van der Waals surface area contributed by atoms with Crippen LogP contribution >= 0.6 is 11.5 Å². The van der Waals surface area contributed by atoms with Crippen LogP contribution in [-0.2, 0) is 0 Å². The number of hydrogen-bond donors (Lipinski definition) is 0. The van der Waals surface area contributed by atoms with E-state index in [0.717, 1.165) is 21.7 Å². The zero-order valence-electron chi connectivity index (χ0n) is 10.5. The Morgan fingerprint density at radius 1 is 0.950 bits per heavy atom. The smallest absolute Gasteiger partial charge is 0.214 e. The van der Waals surface area contributed by atoms with E-state index in [1.54, 1.807) is 12.4 Å². The summed E-state index contributed by atoms with van der Waals surface area (Å²) < 4.78 is 6.54. The van der Waals surface area contributed by atoms with Crippen molar-refractivity contribution in [3.05, 3.63) is 65.7 Å². The second-order valence-corrected chi connectivity index (χ2v) is 5.10. The maximum absolute atomic E-state index is 4.66. The number of nitrogens with zero attached hydrogens (tertiary/aromatic N) is 4. The molecule has 3 heterocycles. The van der Waals surface area contributed by atoms with Crippen molar-refractivity contribution in [2.24, 2.45) is 4.99 Å². The molecular formula is C15H10N4S. The van der Waals surface area contributed by atoms with Gasteiger partial charge in [-0.05, 0) is 35.7 Å². The van der Waals surface area contributed by atoms with Gasteiger partial charge in [0.15, 0.2) is 5.65 Å². The molecule has 0 atom stereocenters. The maximum atomic E-state index is 4.66. The minimum Gasteiger partial charge on any atom is -0.268 e. The predicted octanol–water partition coefficient (Wildman–Crippen LogP) is 3.18. The number of hydrogen-bond acceptors (Lipinski definition) is 4. The van der Waals surface area contributed by atoms with Gasteiger partial charge in [0.1, 0.15) is 0 Å². The monoisotopic (exact) mass is 278 g/mol. The standard InChI is InChI=1S/C15H10N4S/c1-2-4-13-11(3-1)5-6-14-18-20-15(19(13)14)17-12-7-9-16-10-8-12/h1-10H. The first-order valence-corrected chi connectivity index (χ1v) is 7.00. The van der Waals surface area contributed by atoms with Crippen molar-refractivity contribution < 1.29 is 0 Å². The highest BCUT2D eigenvalue weighted by atomic mass is 32.1. The Morgan fingerprint density at radius 2 is 1.80 bits per heavy atom. The lowest BCUT2D eigenvalue weighted by atomic mass is 10.2. The van der Waals surface area contributed by atoms with Crippen LogP contribution in [0, 0.1) is 0 Å². The minimum atomic E-state index is 0.864. The fourth-order valence-electron chi connectivity index (χ4n) is 2.19. The van der Waals surface area contributed by atoms with Gasteiger partial charge in [-0.25, -0.2) is 4.99 Å². The molecule has 3 aromatic heterocycles. The van der Waals surface area contributed by atoms with E-state index in [9.17, 15) is 0 Å². The van der Waals surface area contributed by atoms with Gasteiger partial charge in [-0.15, -0.1) is 0 Å². The normalized spacial score (nSPS) is 12.3. The molecule has 5 heteroatoms. The van der Waals surface area contributed by atoms with Crippen molar-refractivity contribution in [1.82, 2.24) is 13.8 Å². The fraction of sp³-hybridized carbons (Fsp3) is 0. The molecule has 0 aliphatic heterocycles. The Bertz CT molecular complexity index is 954. The molecule has 0 radical (unpaired) electrons. The van der Waals surface area contributed by atoms with Crippen molar-refractivity contribution in [1.29, 1.82) is 0 Å². The van der Waals surface area contributed by atoms with E-state index in [4.69, 9.17) is 0 Å². The Kier molecular flexibility index (Phi) is 2.57. The summed E-state index contributed by atoms with van der Waals surface area (Å²) in [5, 5.41) is 1.18. The first kappa shape index (κ1) is 11.3. The Hall–Kier alpha value is -2.53. The summed E-state index contributed by atoms with van der Waals surface area (Å²) in [6.45, 7) is 0. The molecule has 4 nitrogen and oxygen atoms in total. The molecule has 0 unspecified atom stereocenters. The van der Waals surface area contributed by atoms with Gasteiger partial charge >= 0.3 is 0 Å². The van der Waals surface area contributed by atoms with Crippen molar-refractivity contribution in [2.45, 2.75) is 0 Å². The van der Waals surface area contributed by atoms with Crippen LogP contribution in [0.5, 0.6) is 0 Å². The zero-order chi connectivity index (χ0) is 13.4. The summed E-state index contributed by atoms with van der Waals surface area (Å²) in [7, 11) is 0. The van der Waals surface area contributed by atoms with Gasteiger partial charge in [-0.1, -0.05) is 18.2 Å². The molecule has 4 aromatic rings. The lowest BCUT2D eigenvalue weighted by Crippen LogP contribution is -2.06. The maximum Gasteiger partial charge on any atom is 0.214 e. The first-order chi connectivity index (χ1) is 9.92. The first-order valence-electron chi connectivity index (χ1n) is 6.23. The number of fused-ring (bicyclic) bond motifs is 3. The van der Waals surface area contributed by atoms with E-state index >= 15 is 0 Å². The van der Waals surface area contributed by atoms with Crippen LogP contribution in [0.2, 0.25) is 0 Å². The number of para-hydroxylation sites is 1. The third-order valence-electron chi connectivity index (χ3n) is 3.12. The highest BCUT2D eigenvalue weighted by Crippen LogP contribution is 2.15. The fourth-order valence-corrected chi connectivity index (χ4v) is 2.93. The van der Waals surface area contributed by atoms with E-state index in [-0.39, 0.29) is 0 Å². The van der Waals surface area contributed by atoms with Crippen molar-refractivity contribution in [3.8, 4) is 0 Å². The molecule has 0 amide bonds. The van der Waals surface area contributed by atoms with Crippen LogP contribution in [0.3, 0.4) is 0 Å². The SMILES string of the molecule is c1ccc2c(c1)ccc1nsc(=Nc3ccncc3)n12. The predicted molar refractivity (Wildman–Crippen MR) is 80.0 cm³/mol. The third kappa shape index (κ3) is 1.80. The van der Waals surface area contributed by atoms with Crippen LogP contribution in [-0.4, -0.2) is 13.8 Å². The zero-order valence-corrected chi connectivity index (χ0v) is 11.3. The molecule has 96 valence electrons. The summed E-state index contributed by atoms with van der Waals surface area (Å²) in [5.41, 5.74) is 2.92. The summed E-state index contributed by atoms with van der Waals surface area (Å²) in [5.74, 6) is 0. The number of rotatable bonds is 1. The van der Waals surface area contributed by atoms with Crippen molar-refractivity contribution in [2.75, 3.05) is 0 Å². The van der Waals surface area contributed by atoms with Gasteiger partial charge in [-0.3, -0.25) is 9.38 Å². The highest BCUT2D eigenvalue weighted by molar-refractivity contribution is 7.03. The van der Waals surface area contributed by atoms with Crippen LogP contribution in [0.4, 0.5) is 5.69 Å². The molecule has 0 saturated carbocycles. The van der Waals surface area contributed by atoms with E-state index in [0.29, 0.717) is 0 Å². The van der Waals surface area contributed by atoms with E-state index in [1.165, 1.54) is 16.9 Å². The van der Waals surface area contributed by atoms with E-state index in [2.05, 4.69) is 36.9 Å². The number of benzene rings is 1. The lowest BCUT2D eigenvalue weighted by Gasteiger charge is -2.00. The Balaban J connectivity index is 2.11. The van der Waals surface area contributed by atoms with Gasteiger partial charge in [0.2, 0.25) is 4.80 Å². The summed E-state index contributed by atoms with van der Waals surface area (Å²) in [6.07, 6.45) is 3.48. The summed E-state index contributed by atoms with van der Waals surface area (Å²) >= 11 is 1.40. The van der Waals surface area contributed by atoms with Crippen molar-refractivity contribution in [3.63, 3.8) is 0 Å². The summed E-state index contributed by atoms with van der Waals surface area (Å²) in [4.78, 5) is 9.53. The molecule has 0 spiro atoms. The van der Waals surface area contributed by atoms with Crippen LogP contribution in [0.1, 0.15) is 0 Å². The second-order valence-electron chi connectivity index (χ2n) is 4.37. The van der Waals surface area contributed by atoms with Crippen molar-refractivity contribution >= 4 is 33.8 Å². The van der Waals surface area contributed by atoms with Crippen LogP contribution in [0.15, 0.2) is 65.9 Å². The van der Waals surface area contributed by atoms with E-state index in [1.807, 2.05) is 30.3 Å². The molecule has 4 rings (SSSR count). The summed E-state index contributed by atoms with van der Waals surface area (Å²) in [6, 6.07) is 16.1. The molecule has 0 aliphatic rings. The van der Waals surface area contributed by atoms with Crippen LogP contribution in [0.25, 0.3) is 16.6 Å². The minimum absolute atomic E-state index is 0.864. The average molecular weight is 278 g/mol. The lowest BCUT2D eigenvalue weighted by molar-refractivity contribution is 1.14.